The van der Waals surface area contributed by atoms with E-state index in [1.165, 1.54) is 24.0 Å². The van der Waals surface area contributed by atoms with Crippen molar-refractivity contribution in [3.63, 3.8) is 0 Å². The quantitative estimate of drug-likeness (QED) is 0.517. The Morgan fingerprint density at radius 1 is 1.07 bits per heavy atom. The van der Waals surface area contributed by atoms with E-state index in [4.69, 9.17) is 9.47 Å². The van der Waals surface area contributed by atoms with Crippen LogP contribution in [0.15, 0.2) is 47.8 Å². The van der Waals surface area contributed by atoms with Gasteiger partial charge in [0.05, 0.1) is 7.11 Å². The molecule has 1 N–H and O–H groups in total. The molecule has 5 nitrogen and oxygen atoms in total. The van der Waals surface area contributed by atoms with Gasteiger partial charge in [0, 0.05) is 10.9 Å². The number of anilines is 1. The Kier molecular flexibility index (Phi) is 6.90. The average molecular weight is 424 g/mol. The monoisotopic (exact) mass is 423 g/mol. The molecule has 3 aromatic rings. The molecule has 1 heterocycles. The van der Waals surface area contributed by atoms with Gasteiger partial charge >= 0.3 is 5.97 Å². The first kappa shape index (κ1) is 21.6. The molecule has 1 aromatic heterocycles. The summed E-state index contributed by atoms with van der Waals surface area (Å²) in [7, 11) is 1.33. The van der Waals surface area contributed by atoms with Gasteiger partial charge in [0.2, 0.25) is 0 Å². The number of rotatable bonds is 7. The normalized spacial score (nSPS) is 10.5. The van der Waals surface area contributed by atoms with Gasteiger partial charge in [-0.3, -0.25) is 4.79 Å². The fourth-order valence-corrected chi connectivity index (χ4v) is 4.05. The van der Waals surface area contributed by atoms with Crippen molar-refractivity contribution in [3.05, 3.63) is 70.1 Å². The number of nitrogens with one attached hydrogen (secondary N) is 1. The predicted octanol–water partition coefficient (Wildman–Crippen LogP) is 5.40. The van der Waals surface area contributed by atoms with Crippen LogP contribution in [-0.4, -0.2) is 25.6 Å². The molecular weight excluding hydrogens is 398 g/mol. The van der Waals surface area contributed by atoms with Crippen LogP contribution in [0.4, 0.5) is 5.00 Å². The van der Waals surface area contributed by atoms with Crippen LogP contribution in [0.5, 0.6) is 5.75 Å². The third-order valence-corrected chi connectivity index (χ3v) is 5.92. The number of carbonyl (C=O) groups excluding carboxylic acids is 2. The van der Waals surface area contributed by atoms with Crippen LogP contribution >= 0.6 is 11.3 Å². The van der Waals surface area contributed by atoms with Crippen LogP contribution in [0.3, 0.4) is 0 Å². The van der Waals surface area contributed by atoms with Crippen molar-refractivity contribution in [2.45, 2.75) is 27.2 Å². The van der Waals surface area contributed by atoms with Crippen molar-refractivity contribution in [3.8, 4) is 16.9 Å². The maximum absolute atomic E-state index is 12.5. The van der Waals surface area contributed by atoms with Gasteiger partial charge < -0.3 is 14.8 Å². The molecular formula is C24H25NO4S. The number of ether oxygens (including phenoxy) is 2. The summed E-state index contributed by atoms with van der Waals surface area (Å²) in [6.07, 6.45) is 0.940. The Bertz CT molecular complexity index is 1050. The van der Waals surface area contributed by atoms with Crippen molar-refractivity contribution in [1.82, 2.24) is 0 Å². The van der Waals surface area contributed by atoms with Gasteiger partial charge in [0.25, 0.3) is 5.91 Å². The lowest BCUT2D eigenvalue weighted by molar-refractivity contribution is -0.118. The maximum Gasteiger partial charge on any atom is 0.341 e. The number of hydrogen-bond acceptors (Lipinski definition) is 5. The zero-order valence-corrected chi connectivity index (χ0v) is 18.4. The van der Waals surface area contributed by atoms with E-state index in [1.807, 2.05) is 61.7 Å². The highest BCUT2D eigenvalue weighted by molar-refractivity contribution is 7.15. The SMILES string of the molecule is CCc1ccc(-c2csc(NC(=O)COc3cccc(C)c3C)c2C(=O)OC)cc1. The minimum atomic E-state index is -0.489. The number of thiophene rings is 1. The molecule has 0 spiro atoms. The second kappa shape index (κ2) is 9.59. The van der Waals surface area contributed by atoms with E-state index in [9.17, 15) is 9.59 Å². The number of benzene rings is 2. The summed E-state index contributed by atoms with van der Waals surface area (Å²) >= 11 is 1.29. The van der Waals surface area contributed by atoms with Crippen LogP contribution in [0.1, 0.15) is 34.0 Å². The van der Waals surface area contributed by atoms with Crippen molar-refractivity contribution >= 4 is 28.2 Å². The molecule has 3 rings (SSSR count). The Labute approximate surface area is 180 Å². The van der Waals surface area contributed by atoms with E-state index in [0.717, 1.165) is 28.7 Å². The molecule has 0 radical (unpaired) electrons. The molecule has 6 heteroatoms. The Morgan fingerprint density at radius 2 is 1.80 bits per heavy atom. The summed E-state index contributed by atoms with van der Waals surface area (Å²) in [6, 6.07) is 13.7. The van der Waals surface area contributed by atoms with Crippen LogP contribution in [-0.2, 0) is 16.0 Å². The van der Waals surface area contributed by atoms with E-state index < -0.39 is 5.97 Å². The standard InChI is InChI=1S/C24H25NO4S/c1-5-17-9-11-18(12-10-17)19-14-30-23(22(19)24(27)28-4)25-21(26)13-29-20-8-6-7-15(2)16(20)3/h6-12,14H,5,13H2,1-4H3,(H,25,26). The molecule has 0 saturated heterocycles. The second-order valence-corrected chi connectivity index (χ2v) is 7.81. The number of carbonyl (C=O) groups is 2. The van der Waals surface area contributed by atoms with Gasteiger partial charge in [-0.2, -0.15) is 0 Å². The summed E-state index contributed by atoms with van der Waals surface area (Å²) in [5, 5.41) is 5.10. The van der Waals surface area contributed by atoms with Crippen molar-refractivity contribution in [2.75, 3.05) is 19.0 Å². The first-order valence-corrected chi connectivity index (χ1v) is 10.6. The largest absolute Gasteiger partial charge is 0.483 e. The van der Waals surface area contributed by atoms with Crippen LogP contribution in [0.2, 0.25) is 0 Å². The van der Waals surface area contributed by atoms with Gasteiger partial charge in [0.1, 0.15) is 16.3 Å². The summed E-state index contributed by atoms with van der Waals surface area (Å²) in [6.45, 7) is 5.88. The lowest BCUT2D eigenvalue weighted by Gasteiger charge is -2.11. The molecule has 0 atom stereocenters. The molecule has 30 heavy (non-hydrogen) atoms. The van der Waals surface area contributed by atoms with E-state index in [1.54, 1.807) is 0 Å². The average Bonchev–Trinajstić information content (AvgIpc) is 3.17. The van der Waals surface area contributed by atoms with Crippen LogP contribution in [0.25, 0.3) is 11.1 Å². The molecule has 0 saturated carbocycles. The summed E-state index contributed by atoms with van der Waals surface area (Å²) in [5.41, 5.74) is 5.29. The molecule has 0 bridgehead atoms. The van der Waals surface area contributed by atoms with Crippen LogP contribution < -0.4 is 10.1 Å². The van der Waals surface area contributed by atoms with Gasteiger partial charge in [-0.15, -0.1) is 11.3 Å². The summed E-state index contributed by atoms with van der Waals surface area (Å²) in [4.78, 5) is 25.0. The van der Waals surface area contributed by atoms with Crippen molar-refractivity contribution < 1.29 is 19.1 Å². The molecule has 156 valence electrons. The lowest BCUT2D eigenvalue weighted by Crippen LogP contribution is -2.21. The van der Waals surface area contributed by atoms with E-state index in [-0.39, 0.29) is 12.5 Å². The number of aryl methyl sites for hydroxylation is 2. The Morgan fingerprint density at radius 3 is 2.47 bits per heavy atom. The fraction of sp³-hybridized carbons (Fsp3) is 0.250. The Hall–Kier alpha value is -3.12. The first-order chi connectivity index (χ1) is 14.4. The van der Waals surface area contributed by atoms with Crippen molar-refractivity contribution in [1.29, 1.82) is 0 Å². The highest BCUT2D eigenvalue weighted by Crippen LogP contribution is 2.36. The number of amides is 1. The van der Waals surface area contributed by atoms with Gasteiger partial charge in [-0.1, -0.05) is 43.3 Å². The zero-order chi connectivity index (χ0) is 21.7. The molecule has 0 aliphatic heterocycles. The molecule has 1 amide bonds. The summed E-state index contributed by atoms with van der Waals surface area (Å²) in [5.74, 6) is -0.159. The fourth-order valence-electron chi connectivity index (χ4n) is 3.07. The van der Waals surface area contributed by atoms with Crippen LogP contribution in [0, 0.1) is 13.8 Å². The first-order valence-electron chi connectivity index (χ1n) is 9.72. The van der Waals surface area contributed by atoms with Gasteiger partial charge in [-0.25, -0.2) is 4.79 Å². The molecule has 0 unspecified atom stereocenters. The van der Waals surface area contributed by atoms with E-state index >= 15 is 0 Å². The van der Waals surface area contributed by atoms with Crippen molar-refractivity contribution in [2.24, 2.45) is 0 Å². The number of hydrogen-bond donors (Lipinski definition) is 1. The van der Waals surface area contributed by atoms with E-state index in [0.29, 0.717) is 16.3 Å². The number of esters is 1. The molecule has 0 fully saturated rings. The summed E-state index contributed by atoms with van der Waals surface area (Å²) < 4.78 is 10.6. The topological polar surface area (TPSA) is 64.6 Å². The van der Waals surface area contributed by atoms with Gasteiger partial charge in [-0.05, 0) is 48.6 Å². The minimum absolute atomic E-state index is 0.149. The third kappa shape index (κ3) is 4.71. The predicted molar refractivity (Wildman–Crippen MR) is 121 cm³/mol. The second-order valence-electron chi connectivity index (χ2n) is 6.93. The number of methoxy groups -OCH3 is 1. The Balaban J connectivity index is 1.79. The zero-order valence-electron chi connectivity index (χ0n) is 17.6. The minimum Gasteiger partial charge on any atom is -0.483 e. The third-order valence-electron chi connectivity index (χ3n) is 5.02. The molecule has 0 aliphatic carbocycles. The smallest absolute Gasteiger partial charge is 0.341 e. The highest BCUT2D eigenvalue weighted by Gasteiger charge is 2.22. The maximum atomic E-state index is 12.5. The molecule has 0 aliphatic rings. The molecule has 2 aromatic carbocycles. The highest BCUT2D eigenvalue weighted by atomic mass is 32.1. The van der Waals surface area contributed by atoms with Gasteiger partial charge in [0.15, 0.2) is 6.61 Å². The lowest BCUT2D eigenvalue weighted by atomic mass is 10.0. The van der Waals surface area contributed by atoms with E-state index in [2.05, 4.69) is 12.2 Å².